The predicted molar refractivity (Wildman–Crippen MR) is 47.5 cm³/mol. The van der Waals surface area contributed by atoms with Gasteiger partial charge in [0.05, 0.1) is 26.2 Å². The van der Waals surface area contributed by atoms with E-state index in [1.54, 1.807) is 9.80 Å². The maximum absolute atomic E-state index is 12.2. The molecule has 4 saturated heterocycles. The first-order chi connectivity index (χ1) is 6.02. The van der Waals surface area contributed by atoms with Gasteiger partial charge in [-0.05, 0) is 13.8 Å². The van der Waals surface area contributed by atoms with Crippen LogP contribution in [-0.2, 0) is 4.79 Å². The van der Waals surface area contributed by atoms with Crippen molar-refractivity contribution in [2.24, 2.45) is 10.8 Å². The van der Waals surface area contributed by atoms with Gasteiger partial charge in [0.25, 0.3) is 0 Å². The first-order valence-electron chi connectivity index (χ1n) is 5.24. The molecule has 0 aromatic heterocycles. The van der Waals surface area contributed by atoms with E-state index in [4.69, 9.17) is 0 Å². The van der Waals surface area contributed by atoms with Gasteiger partial charge in [0.2, 0.25) is 6.67 Å². The van der Waals surface area contributed by atoms with Crippen molar-refractivity contribution in [1.29, 1.82) is 0 Å². The summed E-state index contributed by atoms with van der Waals surface area (Å²) in [6.07, 6.45) is 0. The molecule has 4 fully saturated rings. The Morgan fingerprint density at radius 1 is 1.00 bits per heavy atom. The highest BCUT2D eigenvalue weighted by atomic mass is 16.1. The lowest BCUT2D eigenvalue weighted by atomic mass is 9.63. The van der Waals surface area contributed by atoms with E-state index >= 15 is 0 Å². The number of hydrogen-bond acceptors (Lipinski definition) is 1. The summed E-state index contributed by atoms with van der Waals surface area (Å²) >= 11 is 0. The molecule has 0 unspecified atom stereocenters. The Morgan fingerprint density at radius 2 is 1.38 bits per heavy atom. The van der Waals surface area contributed by atoms with Crippen molar-refractivity contribution < 1.29 is 14.6 Å². The van der Waals surface area contributed by atoms with Crippen LogP contribution in [0.2, 0.25) is 0 Å². The smallest absolute Gasteiger partial charge is 0.204 e. The summed E-state index contributed by atoms with van der Waals surface area (Å²) in [7, 11) is 0. The minimum Gasteiger partial charge on any atom is -0.297 e. The lowest BCUT2D eigenvalue weighted by Crippen LogP contribution is -3.41. The molecule has 4 heterocycles. The molecule has 0 atom stereocenters. The second-order valence-electron chi connectivity index (χ2n) is 5.83. The van der Waals surface area contributed by atoms with Gasteiger partial charge < -0.3 is 0 Å². The maximum Gasteiger partial charge on any atom is 0.204 e. The number of piperidine rings is 2. The van der Waals surface area contributed by atoms with Gasteiger partial charge in [-0.25, -0.2) is 0 Å². The number of ketones is 1. The molecule has 4 rings (SSSR count). The normalized spacial score (nSPS) is 58.8. The molecule has 4 aliphatic rings. The van der Waals surface area contributed by atoms with Crippen LogP contribution >= 0.6 is 0 Å². The lowest BCUT2D eigenvalue weighted by molar-refractivity contribution is -1.14. The van der Waals surface area contributed by atoms with Gasteiger partial charge in [-0.2, -0.15) is 0 Å². The van der Waals surface area contributed by atoms with E-state index in [1.807, 2.05) is 0 Å². The molecular weight excluding hydrogens is 164 g/mol. The van der Waals surface area contributed by atoms with E-state index in [0.717, 1.165) is 26.2 Å². The highest BCUT2D eigenvalue weighted by Gasteiger charge is 2.64. The molecule has 4 bridgehead atoms. The summed E-state index contributed by atoms with van der Waals surface area (Å²) in [5.41, 5.74) is 0.0162. The monoisotopic (exact) mass is 182 g/mol. The number of hydrogen-bond donors (Lipinski definition) is 2. The molecular formula is C10H18N2O+2. The second kappa shape index (κ2) is 1.98. The third-order valence-corrected chi connectivity index (χ3v) is 4.16. The summed E-state index contributed by atoms with van der Waals surface area (Å²) in [6, 6.07) is 0. The van der Waals surface area contributed by atoms with Gasteiger partial charge in [0, 0.05) is 0 Å². The van der Waals surface area contributed by atoms with E-state index in [-0.39, 0.29) is 10.8 Å². The van der Waals surface area contributed by atoms with Crippen molar-refractivity contribution in [2.75, 3.05) is 32.8 Å². The standard InChI is InChI=1S/C10H16N2O/c1-9-3-11-5-10(2,8(9)13)6-12(4-9)7-11/h3-7H2,1-2H3/p+2. The summed E-state index contributed by atoms with van der Waals surface area (Å²) < 4.78 is 0. The Morgan fingerprint density at radius 3 is 1.77 bits per heavy atom. The fourth-order valence-corrected chi connectivity index (χ4v) is 4.11. The molecule has 0 aliphatic carbocycles. The lowest BCUT2D eigenvalue weighted by Gasteiger charge is -2.55. The summed E-state index contributed by atoms with van der Waals surface area (Å²) in [6.45, 7) is 9.94. The van der Waals surface area contributed by atoms with Crippen molar-refractivity contribution >= 4 is 5.78 Å². The van der Waals surface area contributed by atoms with E-state index in [2.05, 4.69) is 13.8 Å². The molecule has 2 N–H and O–H groups in total. The number of quaternary nitrogens is 2. The van der Waals surface area contributed by atoms with Crippen LogP contribution in [0, 0.1) is 10.8 Å². The number of Topliss-reactive ketones (excluding diaryl/α,β-unsaturated/α-hetero) is 1. The van der Waals surface area contributed by atoms with E-state index in [1.165, 1.54) is 6.67 Å². The van der Waals surface area contributed by atoms with Gasteiger partial charge in [-0.15, -0.1) is 0 Å². The summed E-state index contributed by atoms with van der Waals surface area (Å²) in [5, 5.41) is 0. The minimum absolute atomic E-state index is 0.00810. The Kier molecular flexibility index (Phi) is 1.21. The quantitative estimate of drug-likeness (QED) is 0.420. The summed E-state index contributed by atoms with van der Waals surface area (Å²) in [4.78, 5) is 15.5. The van der Waals surface area contributed by atoms with Crippen LogP contribution in [0.1, 0.15) is 13.8 Å². The molecule has 3 nitrogen and oxygen atoms in total. The number of carbonyl (C=O) groups is 1. The van der Waals surface area contributed by atoms with E-state index < -0.39 is 0 Å². The maximum atomic E-state index is 12.2. The Bertz CT molecular complexity index is 249. The van der Waals surface area contributed by atoms with Crippen molar-refractivity contribution in [3.63, 3.8) is 0 Å². The fraction of sp³-hybridized carbons (Fsp3) is 0.900. The van der Waals surface area contributed by atoms with Gasteiger partial charge in [-0.1, -0.05) is 0 Å². The number of carbonyl (C=O) groups excluding carboxylic acids is 1. The third kappa shape index (κ3) is 0.842. The Labute approximate surface area is 78.7 Å². The molecule has 13 heavy (non-hydrogen) atoms. The molecule has 72 valence electrons. The molecule has 4 aliphatic heterocycles. The van der Waals surface area contributed by atoms with Crippen LogP contribution in [0.15, 0.2) is 0 Å². The van der Waals surface area contributed by atoms with E-state index in [9.17, 15) is 4.79 Å². The van der Waals surface area contributed by atoms with Gasteiger partial charge in [0.15, 0.2) is 5.78 Å². The van der Waals surface area contributed by atoms with Crippen LogP contribution < -0.4 is 9.80 Å². The fourth-order valence-electron chi connectivity index (χ4n) is 4.11. The third-order valence-electron chi connectivity index (χ3n) is 4.16. The van der Waals surface area contributed by atoms with Crippen molar-refractivity contribution in [3.05, 3.63) is 0 Å². The topological polar surface area (TPSA) is 26.0 Å². The van der Waals surface area contributed by atoms with Crippen LogP contribution in [0.25, 0.3) is 0 Å². The molecule has 0 aromatic carbocycles. The average molecular weight is 182 g/mol. The van der Waals surface area contributed by atoms with Crippen molar-refractivity contribution in [1.82, 2.24) is 0 Å². The summed E-state index contributed by atoms with van der Waals surface area (Å²) in [5.74, 6) is 0.548. The van der Waals surface area contributed by atoms with Gasteiger partial charge >= 0.3 is 0 Å². The largest absolute Gasteiger partial charge is 0.297 e. The second-order valence-corrected chi connectivity index (χ2v) is 5.83. The predicted octanol–water partition coefficient (Wildman–Crippen LogP) is -2.66. The van der Waals surface area contributed by atoms with Gasteiger partial charge in [0.1, 0.15) is 10.8 Å². The first-order valence-corrected chi connectivity index (χ1v) is 5.24. The highest BCUT2D eigenvalue weighted by molar-refractivity contribution is 5.91. The zero-order valence-corrected chi connectivity index (χ0v) is 8.44. The number of rotatable bonds is 0. The Balaban J connectivity index is 2.08. The Hall–Kier alpha value is -0.410. The highest BCUT2D eigenvalue weighted by Crippen LogP contribution is 2.33. The van der Waals surface area contributed by atoms with Crippen molar-refractivity contribution in [2.45, 2.75) is 13.8 Å². The number of nitrogens with one attached hydrogen (secondary N) is 2. The molecule has 0 aromatic rings. The molecule has 0 radical (unpaired) electrons. The van der Waals surface area contributed by atoms with Crippen LogP contribution in [0.3, 0.4) is 0 Å². The van der Waals surface area contributed by atoms with Crippen molar-refractivity contribution in [3.8, 4) is 0 Å². The molecule has 0 saturated carbocycles. The zero-order valence-electron chi connectivity index (χ0n) is 8.44. The van der Waals surface area contributed by atoms with Crippen LogP contribution in [-0.4, -0.2) is 38.6 Å². The van der Waals surface area contributed by atoms with Gasteiger partial charge in [-0.3, -0.25) is 14.6 Å². The van der Waals surface area contributed by atoms with Crippen LogP contribution in [0.5, 0.6) is 0 Å². The minimum atomic E-state index is 0.00810. The molecule has 0 spiro atoms. The SMILES string of the molecule is CC12C[NH+]3C[NH+](C1)CC(C)(C3)C2=O. The van der Waals surface area contributed by atoms with Crippen LogP contribution in [0.4, 0.5) is 0 Å². The molecule has 3 heteroatoms. The zero-order chi connectivity index (χ0) is 9.27. The van der Waals surface area contributed by atoms with E-state index in [0.29, 0.717) is 5.78 Å². The molecule has 0 amide bonds. The first kappa shape index (κ1) is 7.94. The average Bonchev–Trinajstić information content (AvgIpc) is 1.97.